The number of para-hydroxylation sites is 1. The number of aliphatic carboxylic acids is 1. The zero-order valence-corrected chi connectivity index (χ0v) is 11.8. The van der Waals surface area contributed by atoms with Gasteiger partial charge in [-0.3, -0.25) is 14.3 Å². The van der Waals surface area contributed by atoms with Gasteiger partial charge in [-0.05, 0) is 18.6 Å². The summed E-state index contributed by atoms with van der Waals surface area (Å²) in [6.07, 6.45) is 1.66. The summed E-state index contributed by atoms with van der Waals surface area (Å²) >= 11 is 0. The van der Waals surface area contributed by atoms with E-state index in [0.29, 0.717) is 22.5 Å². The van der Waals surface area contributed by atoms with Crippen molar-refractivity contribution in [2.24, 2.45) is 7.05 Å². The molecule has 6 nitrogen and oxygen atoms in total. The highest BCUT2D eigenvalue weighted by atomic mass is 16.4. The molecule has 0 saturated heterocycles. The third-order valence-corrected chi connectivity index (χ3v) is 3.76. The van der Waals surface area contributed by atoms with Gasteiger partial charge >= 0.3 is 5.97 Å². The summed E-state index contributed by atoms with van der Waals surface area (Å²) in [6, 6.07) is 7.14. The number of benzene rings is 1. The molecule has 3 rings (SSSR count). The number of hydrogen-bond donors (Lipinski definition) is 1. The lowest BCUT2D eigenvalue weighted by Gasteiger charge is -2.16. The first-order valence-electron chi connectivity index (χ1n) is 6.63. The number of carbonyl (C=O) groups excluding carboxylic acids is 1. The van der Waals surface area contributed by atoms with E-state index in [1.807, 2.05) is 0 Å². The second kappa shape index (κ2) is 4.73. The Hall–Kier alpha value is -2.63. The third-order valence-electron chi connectivity index (χ3n) is 3.76. The molecular formula is C15H15N3O3. The summed E-state index contributed by atoms with van der Waals surface area (Å²) < 4.78 is 1.58. The lowest BCUT2D eigenvalue weighted by molar-refractivity contribution is -0.138. The van der Waals surface area contributed by atoms with Crippen LogP contribution in [0.25, 0.3) is 0 Å². The van der Waals surface area contributed by atoms with Gasteiger partial charge in [0, 0.05) is 25.5 Å². The quantitative estimate of drug-likeness (QED) is 0.908. The molecule has 2 heterocycles. The van der Waals surface area contributed by atoms with E-state index in [4.69, 9.17) is 0 Å². The van der Waals surface area contributed by atoms with Crippen LogP contribution in [0.2, 0.25) is 0 Å². The summed E-state index contributed by atoms with van der Waals surface area (Å²) in [5.74, 6) is -1.81. The van der Waals surface area contributed by atoms with E-state index in [9.17, 15) is 14.7 Å². The van der Waals surface area contributed by atoms with Crippen molar-refractivity contribution in [3.8, 4) is 0 Å². The molecule has 0 bridgehead atoms. The Kier molecular flexibility index (Phi) is 3.01. The van der Waals surface area contributed by atoms with Crippen LogP contribution >= 0.6 is 0 Å². The molecule has 1 aromatic heterocycles. The number of fused-ring (bicyclic) bond motifs is 1. The first kappa shape index (κ1) is 13.4. The van der Waals surface area contributed by atoms with E-state index in [-0.39, 0.29) is 12.5 Å². The maximum absolute atomic E-state index is 12.7. The van der Waals surface area contributed by atoms with E-state index in [1.165, 1.54) is 4.90 Å². The monoisotopic (exact) mass is 285 g/mol. The van der Waals surface area contributed by atoms with Crippen LogP contribution < -0.4 is 4.90 Å². The average Bonchev–Trinajstić information content (AvgIpc) is 2.98. The fourth-order valence-electron chi connectivity index (χ4n) is 2.77. The van der Waals surface area contributed by atoms with E-state index in [0.717, 1.165) is 0 Å². The molecule has 108 valence electrons. The molecule has 1 aliphatic rings. The zero-order valence-electron chi connectivity index (χ0n) is 11.8. The lowest BCUT2D eigenvalue weighted by Crippen LogP contribution is -2.31. The van der Waals surface area contributed by atoms with E-state index in [1.54, 1.807) is 49.1 Å². The first-order chi connectivity index (χ1) is 9.99. The second-order valence-electron chi connectivity index (χ2n) is 5.17. The molecule has 6 heteroatoms. The average molecular weight is 285 g/mol. The summed E-state index contributed by atoms with van der Waals surface area (Å²) in [6.45, 7) is 1.92. The predicted molar refractivity (Wildman–Crippen MR) is 76.4 cm³/mol. The van der Waals surface area contributed by atoms with Gasteiger partial charge in [-0.2, -0.15) is 5.10 Å². The molecule has 1 atom stereocenters. The van der Waals surface area contributed by atoms with Gasteiger partial charge in [0.2, 0.25) is 0 Å². The van der Waals surface area contributed by atoms with E-state index in [2.05, 4.69) is 5.10 Å². The van der Waals surface area contributed by atoms with E-state index >= 15 is 0 Å². The Labute approximate surface area is 121 Å². The summed E-state index contributed by atoms with van der Waals surface area (Å²) in [5.41, 5.74) is 2.48. The van der Waals surface area contributed by atoms with Gasteiger partial charge in [0.25, 0.3) is 5.91 Å². The molecule has 0 spiro atoms. The molecule has 1 aromatic carbocycles. The Morgan fingerprint density at radius 1 is 1.33 bits per heavy atom. The smallest absolute Gasteiger partial charge is 0.312 e. The van der Waals surface area contributed by atoms with Crippen molar-refractivity contribution < 1.29 is 14.7 Å². The second-order valence-corrected chi connectivity index (χ2v) is 5.17. The predicted octanol–water partition coefficient (Wildman–Crippen LogP) is 1.56. The normalized spacial score (nSPS) is 16.9. The van der Waals surface area contributed by atoms with Gasteiger partial charge in [0.05, 0.1) is 11.3 Å². The van der Waals surface area contributed by atoms with Crippen LogP contribution in [0.5, 0.6) is 0 Å². The highest BCUT2D eigenvalue weighted by Gasteiger charge is 2.37. The largest absolute Gasteiger partial charge is 0.481 e. The standard InChI is InChI=1S/C15H15N3O3/c1-9-11(7-17(2)16-9)14(19)18-8-12(15(20)21)10-5-3-4-6-13(10)18/h3-7,12H,8H2,1-2H3,(H,20,21)/t12-/m0/s1. The van der Waals surface area contributed by atoms with Crippen molar-refractivity contribution in [1.82, 2.24) is 9.78 Å². The van der Waals surface area contributed by atoms with Crippen LogP contribution in [0.1, 0.15) is 27.5 Å². The fraction of sp³-hybridized carbons (Fsp3) is 0.267. The van der Waals surface area contributed by atoms with Crippen molar-refractivity contribution in [2.45, 2.75) is 12.8 Å². The van der Waals surface area contributed by atoms with Crippen LogP contribution in [0, 0.1) is 6.92 Å². The SMILES string of the molecule is Cc1nn(C)cc1C(=O)N1C[C@H](C(=O)O)c2ccccc21. The minimum absolute atomic E-state index is 0.155. The topological polar surface area (TPSA) is 75.4 Å². The third kappa shape index (κ3) is 2.08. The van der Waals surface area contributed by atoms with Crippen LogP contribution in [0.4, 0.5) is 5.69 Å². The molecule has 0 aliphatic carbocycles. The Bertz CT molecular complexity index is 736. The zero-order chi connectivity index (χ0) is 15.1. The first-order valence-corrected chi connectivity index (χ1v) is 6.63. The number of hydrogen-bond acceptors (Lipinski definition) is 3. The van der Waals surface area contributed by atoms with Crippen molar-refractivity contribution in [3.63, 3.8) is 0 Å². The lowest BCUT2D eigenvalue weighted by atomic mass is 10.0. The van der Waals surface area contributed by atoms with Gasteiger partial charge in [-0.15, -0.1) is 0 Å². The number of carbonyl (C=O) groups is 2. The Morgan fingerprint density at radius 2 is 2.05 bits per heavy atom. The highest BCUT2D eigenvalue weighted by molar-refractivity contribution is 6.09. The number of rotatable bonds is 2. The molecule has 21 heavy (non-hydrogen) atoms. The van der Waals surface area contributed by atoms with Crippen LogP contribution in [-0.2, 0) is 11.8 Å². The van der Waals surface area contributed by atoms with Crippen LogP contribution in [0.3, 0.4) is 0 Å². The van der Waals surface area contributed by atoms with E-state index < -0.39 is 11.9 Å². The van der Waals surface area contributed by atoms with Crippen LogP contribution in [0.15, 0.2) is 30.5 Å². The number of carboxylic acid groups (broad SMARTS) is 1. The highest BCUT2D eigenvalue weighted by Crippen LogP contribution is 2.37. The molecule has 1 amide bonds. The van der Waals surface area contributed by atoms with Crippen molar-refractivity contribution in [1.29, 1.82) is 0 Å². The molecule has 0 radical (unpaired) electrons. The Morgan fingerprint density at radius 3 is 2.67 bits per heavy atom. The molecule has 1 aliphatic heterocycles. The number of nitrogens with zero attached hydrogens (tertiary/aromatic N) is 3. The van der Waals surface area contributed by atoms with Gasteiger partial charge < -0.3 is 10.0 Å². The molecule has 2 aromatic rings. The van der Waals surface area contributed by atoms with Gasteiger partial charge in [0.1, 0.15) is 5.92 Å². The molecule has 0 fully saturated rings. The summed E-state index contributed by atoms with van der Waals surface area (Å²) in [7, 11) is 1.75. The van der Waals surface area contributed by atoms with Crippen molar-refractivity contribution in [2.75, 3.05) is 11.4 Å². The summed E-state index contributed by atoms with van der Waals surface area (Å²) in [4.78, 5) is 25.6. The molecular weight excluding hydrogens is 270 g/mol. The molecule has 0 unspecified atom stereocenters. The number of anilines is 1. The number of aryl methyl sites for hydroxylation is 2. The molecule has 1 N–H and O–H groups in total. The van der Waals surface area contributed by atoms with Crippen molar-refractivity contribution in [3.05, 3.63) is 47.3 Å². The maximum Gasteiger partial charge on any atom is 0.312 e. The Balaban J connectivity index is 2.02. The maximum atomic E-state index is 12.7. The number of aromatic nitrogens is 2. The summed E-state index contributed by atoms with van der Waals surface area (Å²) in [5, 5.41) is 13.5. The minimum Gasteiger partial charge on any atom is -0.481 e. The minimum atomic E-state index is -0.916. The van der Waals surface area contributed by atoms with Gasteiger partial charge in [-0.25, -0.2) is 0 Å². The molecule has 0 saturated carbocycles. The fourth-order valence-corrected chi connectivity index (χ4v) is 2.77. The number of amides is 1. The van der Waals surface area contributed by atoms with Gasteiger partial charge in [-0.1, -0.05) is 18.2 Å². The van der Waals surface area contributed by atoms with Crippen LogP contribution in [-0.4, -0.2) is 33.3 Å². The number of carboxylic acids is 1. The van der Waals surface area contributed by atoms with Crippen molar-refractivity contribution >= 4 is 17.6 Å². The van der Waals surface area contributed by atoms with Gasteiger partial charge in [0.15, 0.2) is 0 Å².